The van der Waals surface area contributed by atoms with Gasteiger partial charge in [0, 0.05) is 23.5 Å². The lowest BCUT2D eigenvalue weighted by Gasteiger charge is -2.39. The number of amides is 1. The zero-order chi connectivity index (χ0) is 12.3. The lowest BCUT2D eigenvalue weighted by atomic mass is 9.77. The Morgan fingerprint density at radius 1 is 1.65 bits per heavy atom. The Morgan fingerprint density at radius 3 is 3.12 bits per heavy atom. The monoisotopic (exact) mass is 252 g/mol. The molecule has 0 aromatic carbocycles. The molecular weight excluding hydrogens is 232 g/mol. The molecule has 1 aromatic rings. The highest BCUT2D eigenvalue weighted by Crippen LogP contribution is 2.29. The number of nitrogens with one attached hydrogen (secondary N) is 2. The van der Waals surface area contributed by atoms with Gasteiger partial charge >= 0.3 is 0 Å². The minimum absolute atomic E-state index is 0.0365. The Balaban J connectivity index is 1.87. The van der Waals surface area contributed by atoms with E-state index in [4.69, 9.17) is 0 Å². The van der Waals surface area contributed by atoms with Crippen molar-refractivity contribution >= 4 is 17.2 Å². The molecule has 1 saturated heterocycles. The summed E-state index contributed by atoms with van der Waals surface area (Å²) in [6.07, 6.45) is 2.45. The second kappa shape index (κ2) is 5.19. The number of piperidine rings is 1. The highest BCUT2D eigenvalue weighted by molar-refractivity contribution is 7.08. The van der Waals surface area contributed by atoms with Gasteiger partial charge in [0.15, 0.2) is 0 Å². The molecule has 1 unspecified atom stereocenters. The minimum Gasteiger partial charge on any atom is -0.350 e. The largest absolute Gasteiger partial charge is 0.350 e. The second-order valence-corrected chi connectivity index (χ2v) is 6.10. The van der Waals surface area contributed by atoms with E-state index in [2.05, 4.69) is 24.5 Å². The molecule has 2 N–H and O–H groups in total. The fourth-order valence-corrected chi connectivity index (χ4v) is 2.95. The van der Waals surface area contributed by atoms with Crippen LogP contribution < -0.4 is 10.6 Å². The lowest BCUT2D eigenvalue weighted by Crippen LogP contribution is -2.52. The van der Waals surface area contributed by atoms with E-state index in [0.29, 0.717) is 12.6 Å². The van der Waals surface area contributed by atoms with Gasteiger partial charge in [-0.25, -0.2) is 0 Å². The molecule has 1 aliphatic heterocycles. The summed E-state index contributed by atoms with van der Waals surface area (Å²) >= 11 is 1.55. The molecule has 1 atom stereocenters. The molecule has 3 nitrogen and oxygen atoms in total. The summed E-state index contributed by atoms with van der Waals surface area (Å²) < 4.78 is 0. The third-order valence-electron chi connectivity index (χ3n) is 3.58. The van der Waals surface area contributed by atoms with Crippen LogP contribution in [0.5, 0.6) is 0 Å². The summed E-state index contributed by atoms with van der Waals surface area (Å²) in [7, 11) is 0. The van der Waals surface area contributed by atoms with Crippen molar-refractivity contribution in [2.75, 3.05) is 13.1 Å². The van der Waals surface area contributed by atoms with Crippen LogP contribution in [0.15, 0.2) is 16.8 Å². The first-order valence-corrected chi connectivity index (χ1v) is 7.08. The number of thiophene rings is 1. The van der Waals surface area contributed by atoms with E-state index in [-0.39, 0.29) is 11.3 Å². The van der Waals surface area contributed by atoms with Crippen LogP contribution in [0.4, 0.5) is 0 Å². The van der Waals surface area contributed by atoms with Crippen molar-refractivity contribution < 1.29 is 4.79 Å². The third kappa shape index (κ3) is 3.07. The van der Waals surface area contributed by atoms with Crippen molar-refractivity contribution in [3.05, 3.63) is 22.4 Å². The molecule has 1 fully saturated rings. The maximum absolute atomic E-state index is 11.8. The number of carbonyl (C=O) groups is 1. The molecule has 1 aliphatic rings. The predicted molar refractivity (Wildman–Crippen MR) is 71.5 cm³/mol. The predicted octanol–water partition coefficient (Wildman–Crippen LogP) is 2.26. The van der Waals surface area contributed by atoms with Crippen LogP contribution in [-0.4, -0.2) is 25.0 Å². The fourth-order valence-electron chi connectivity index (χ4n) is 2.31. The van der Waals surface area contributed by atoms with Crippen LogP contribution in [0.3, 0.4) is 0 Å². The van der Waals surface area contributed by atoms with Crippen LogP contribution in [0.1, 0.15) is 37.0 Å². The van der Waals surface area contributed by atoms with Gasteiger partial charge in [0.2, 0.25) is 0 Å². The molecule has 2 heterocycles. The van der Waals surface area contributed by atoms with Crippen molar-refractivity contribution in [2.45, 2.75) is 32.7 Å². The molecule has 17 heavy (non-hydrogen) atoms. The van der Waals surface area contributed by atoms with Crippen LogP contribution >= 0.6 is 11.3 Å². The van der Waals surface area contributed by atoms with E-state index in [1.54, 1.807) is 11.3 Å². The van der Waals surface area contributed by atoms with Crippen LogP contribution in [0.2, 0.25) is 0 Å². The molecule has 0 radical (unpaired) electrons. The van der Waals surface area contributed by atoms with Crippen LogP contribution in [-0.2, 0) is 0 Å². The standard InChI is InChI=1S/C13H20N2OS/c1-13(2)5-3-6-14-11(13)8-15-12(16)10-4-7-17-9-10/h4,7,9,11,14H,3,5-6,8H2,1-2H3,(H,15,16). The third-order valence-corrected chi connectivity index (χ3v) is 4.27. The van der Waals surface area contributed by atoms with Crippen molar-refractivity contribution in [3.8, 4) is 0 Å². The molecule has 0 saturated carbocycles. The summed E-state index contributed by atoms with van der Waals surface area (Å²) in [6.45, 7) is 6.30. The van der Waals surface area contributed by atoms with E-state index >= 15 is 0 Å². The van der Waals surface area contributed by atoms with Crippen molar-refractivity contribution in [1.29, 1.82) is 0 Å². The Hall–Kier alpha value is -0.870. The van der Waals surface area contributed by atoms with E-state index in [9.17, 15) is 4.79 Å². The first-order valence-electron chi connectivity index (χ1n) is 6.13. The zero-order valence-corrected chi connectivity index (χ0v) is 11.3. The molecule has 2 rings (SSSR count). The number of hydrogen-bond donors (Lipinski definition) is 2. The Labute approximate surface area is 107 Å². The molecule has 0 spiro atoms. The van der Waals surface area contributed by atoms with Gasteiger partial charge in [-0.15, -0.1) is 0 Å². The number of rotatable bonds is 3. The van der Waals surface area contributed by atoms with Crippen molar-refractivity contribution in [1.82, 2.24) is 10.6 Å². The maximum atomic E-state index is 11.8. The minimum atomic E-state index is 0.0365. The van der Waals surface area contributed by atoms with E-state index < -0.39 is 0 Å². The maximum Gasteiger partial charge on any atom is 0.252 e. The average molecular weight is 252 g/mol. The SMILES string of the molecule is CC1(C)CCCNC1CNC(=O)c1ccsc1. The lowest BCUT2D eigenvalue weighted by molar-refractivity contribution is 0.0929. The number of hydrogen-bond acceptors (Lipinski definition) is 3. The summed E-state index contributed by atoms with van der Waals surface area (Å²) in [5, 5.41) is 10.3. The second-order valence-electron chi connectivity index (χ2n) is 5.32. The van der Waals surface area contributed by atoms with Gasteiger partial charge in [-0.3, -0.25) is 4.79 Å². The van der Waals surface area contributed by atoms with Crippen molar-refractivity contribution in [2.24, 2.45) is 5.41 Å². The first kappa shape index (κ1) is 12.6. The topological polar surface area (TPSA) is 41.1 Å². The average Bonchev–Trinajstić information content (AvgIpc) is 2.80. The van der Waals surface area contributed by atoms with E-state index in [1.165, 1.54) is 12.8 Å². The highest BCUT2D eigenvalue weighted by atomic mass is 32.1. The highest BCUT2D eigenvalue weighted by Gasteiger charge is 2.31. The Morgan fingerprint density at radius 2 is 2.47 bits per heavy atom. The molecular formula is C13H20N2OS. The van der Waals surface area contributed by atoms with E-state index in [0.717, 1.165) is 12.1 Å². The smallest absolute Gasteiger partial charge is 0.252 e. The van der Waals surface area contributed by atoms with Gasteiger partial charge in [-0.1, -0.05) is 13.8 Å². The molecule has 4 heteroatoms. The van der Waals surface area contributed by atoms with Gasteiger partial charge in [-0.05, 0) is 36.2 Å². The summed E-state index contributed by atoms with van der Waals surface area (Å²) in [4.78, 5) is 11.8. The van der Waals surface area contributed by atoms with Gasteiger partial charge in [0.1, 0.15) is 0 Å². The van der Waals surface area contributed by atoms with Gasteiger partial charge < -0.3 is 10.6 Å². The number of carbonyl (C=O) groups excluding carboxylic acids is 1. The fraction of sp³-hybridized carbons (Fsp3) is 0.615. The molecule has 0 bridgehead atoms. The Bertz CT molecular complexity index is 373. The van der Waals surface area contributed by atoms with Gasteiger partial charge in [0.25, 0.3) is 5.91 Å². The van der Waals surface area contributed by atoms with Crippen molar-refractivity contribution in [3.63, 3.8) is 0 Å². The molecule has 1 amide bonds. The normalized spacial score (nSPS) is 23.3. The Kier molecular flexibility index (Phi) is 3.84. The van der Waals surface area contributed by atoms with Crippen LogP contribution in [0.25, 0.3) is 0 Å². The molecule has 94 valence electrons. The summed E-state index contributed by atoms with van der Waals surface area (Å²) in [6, 6.07) is 2.23. The first-order chi connectivity index (χ1) is 8.09. The summed E-state index contributed by atoms with van der Waals surface area (Å²) in [5.74, 6) is 0.0365. The zero-order valence-electron chi connectivity index (χ0n) is 10.5. The van der Waals surface area contributed by atoms with Gasteiger partial charge in [-0.2, -0.15) is 11.3 Å². The summed E-state index contributed by atoms with van der Waals surface area (Å²) in [5.41, 5.74) is 1.03. The quantitative estimate of drug-likeness (QED) is 0.866. The van der Waals surface area contributed by atoms with Crippen LogP contribution in [0, 0.1) is 5.41 Å². The van der Waals surface area contributed by atoms with E-state index in [1.807, 2.05) is 16.8 Å². The molecule has 0 aliphatic carbocycles. The molecule has 1 aromatic heterocycles. The van der Waals surface area contributed by atoms with Gasteiger partial charge in [0.05, 0.1) is 0 Å².